The van der Waals surface area contributed by atoms with Crippen molar-refractivity contribution in [2.45, 2.75) is 20.8 Å². The number of benzene rings is 1. The molecule has 0 aliphatic heterocycles. The summed E-state index contributed by atoms with van der Waals surface area (Å²) in [5.74, 6) is -0.199. The standard InChI is InChI=1S/C18H24N4O2S/c1-4-21(5-2)11-10-19-12-14-16(23)20-18(25)22(17(14)24)15-9-7-6-8-13(15)3/h6-9,12,24H,4-5,10-11H2,1-3H3,(H,20,23,25). The summed E-state index contributed by atoms with van der Waals surface area (Å²) < 4.78 is 1.61. The maximum Gasteiger partial charge on any atom is 0.264 e. The van der Waals surface area contributed by atoms with Crippen LogP contribution >= 0.6 is 12.2 Å². The van der Waals surface area contributed by atoms with Gasteiger partial charge in [-0.2, -0.15) is 0 Å². The number of hydrogen-bond acceptors (Lipinski definition) is 5. The van der Waals surface area contributed by atoms with Crippen molar-refractivity contribution < 1.29 is 5.11 Å². The number of aromatic nitrogens is 2. The SMILES string of the molecule is CCN(CC)CCN=Cc1c(O)n(-c2ccccc2C)c(=S)[nH]c1=O. The Morgan fingerprint density at radius 1 is 1.32 bits per heavy atom. The predicted octanol–water partition coefficient (Wildman–Crippen LogP) is 2.67. The molecule has 1 heterocycles. The fourth-order valence-corrected chi connectivity index (χ4v) is 2.87. The van der Waals surface area contributed by atoms with Crippen LogP contribution in [0.15, 0.2) is 34.1 Å². The van der Waals surface area contributed by atoms with Gasteiger partial charge in [0.15, 0.2) is 4.77 Å². The molecule has 0 bridgehead atoms. The molecule has 0 saturated carbocycles. The van der Waals surface area contributed by atoms with E-state index in [-0.39, 0.29) is 16.2 Å². The van der Waals surface area contributed by atoms with Gasteiger partial charge < -0.3 is 10.0 Å². The van der Waals surface area contributed by atoms with Crippen LogP contribution in [0, 0.1) is 11.7 Å². The first-order chi connectivity index (χ1) is 12.0. The van der Waals surface area contributed by atoms with Gasteiger partial charge >= 0.3 is 0 Å². The van der Waals surface area contributed by atoms with Gasteiger partial charge in [0.05, 0.1) is 12.2 Å². The number of rotatable bonds is 7. The highest BCUT2D eigenvalue weighted by atomic mass is 32.1. The number of nitrogens with zero attached hydrogens (tertiary/aromatic N) is 3. The second-order valence-electron chi connectivity index (χ2n) is 5.68. The van der Waals surface area contributed by atoms with Crippen LogP contribution < -0.4 is 5.56 Å². The maximum atomic E-state index is 12.2. The van der Waals surface area contributed by atoms with Crippen LogP contribution in [-0.2, 0) is 0 Å². The van der Waals surface area contributed by atoms with Crippen molar-refractivity contribution in [3.8, 4) is 11.6 Å². The van der Waals surface area contributed by atoms with Crippen molar-refractivity contribution >= 4 is 18.4 Å². The number of aliphatic imine (C=N–C) groups is 1. The number of H-pyrrole nitrogens is 1. The molecule has 1 aromatic carbocycles. The molecule has 6 nitrogen and oxygen atoms in total. The fourth-order valence-electron chi connectivity index (χ4n) is 2.59. The number of aryl methyl sites for hydroxylation is 1. The van der Waals surface area contributed by atoms with Crippen LogP contribution in [0.1, 0.15) is 25.0 Å². The number of hydrogen-bond donors (Lipinski definition) is 2. The Labute approximate surface area is 152 Å². The quantitative estimate of drug-likeness (QED) is 0.588. The van der Waals surface area contributed by atoms with Crippen LogP contribution in [0.4, 0.5) is 0 Å². The highest BCUT2D eigenvalue weighted by Crippen LogP contribution is 2.21. The molecular formula is C18H24N4O2S. The first kappa shape index (κ1) is 19.1. The van der Waals surface area contributed by atoms with Gasteiger partial charge in [-0.25, -0.2) is 0 Å². The van der Waals surface area contributed by atoms with E-state index in [2.05, 4.69) is 28.7 Å². The number of para-hydroxylation sites is 1. The summed E-state index contributed by atoms with van der Waals surface area (Å²) in [4.78, 5) is 21.3. The van der Waals surface area contributed by atoms with Crippen LogP contribution in [0.2, 0.25) is 0 Å². The molecule has 0 spiro atoms. The largest absolute Gasteiger partial charge is 0.494 e. The predicted molar refractivity (Wildman–Crippen MR) is 104 cm³/mol. The first-order valence-corrected chi connectivity index (χ1v) is 8.76. The maximum absolute atomic E-state index is 12.2. The van der Waals surface area contributed by atoms with Gasteiger partial charge in [-0.05, 0) is 43.9 Å². The Bertz CT molecular complexity index is 866. The number of aromatic amines is 1. The number of aromatic hydroxyl groups is 1. The average Bonchev–Trinajstić information content (AvgIpc) is 2.59. The van der Waals surface area contributed by atoms with Crippen LogP contribution in [0.5, 0.6) is 5.88 Å². The Kier molecular flexibility index (Phi) is 6.66. The topological polar surface area (TPSA) is 73.6 Å². The normalized spacial score (nSPS) is 11.5. The monoisotopic (exact) mass is 360 g/mol. The summed E-state index contributed by atoms with van der Waals surface area (Å²) in [5.41, 5.74) is 1.32. The molecule has 2 aromatic rings. The Morgan fingerprint density at radius 3 is 2.64 bits per heavy atom. The van der Waals surface area contributed by atoms with Crippen molar-refractivity contribution in [2.24, 2.45) is 4.99 Å². The molecule has 1 aromatic heterocycles. The van der Waals surface area contributed by atoms with E-state index in [1.165, 1.54) is 10.8 Å². The molecule has 0 aliphatic carbocycles. The van der Waals surface area contributed by atoms with Crippen molar-refractivity contribution in [2.75, 3.05) is 26.2 Å². The second-order valence-corrected chi connectivity index (χ2v) is 6.07. The number of likely N-dealkylation sites (N-methyl/N-ethyl adjacent to an activating group) is 1. The third-order valence-corrected chi connectivity index (χ3v) is 4.42. The summed E-state index contributed by atoms with van der Waals surface area (Å²) in [6.45, 7) is 9.37. The summed E-state index contributed by atoms with van der Waals surface area (Å²) >= 11 is 5.23. The van der Waals surface area contributed by atoms with Gasteiger partial charge in [0, 0.05) is 12.8 Å². The van der Waals surface area contributed by atoms with E-state index in [1.807, 2.05) is 31.2 Å². The minimum Gasteiger partial charge on any atom is -0.494 e. The van der Waals surface area contributed by atoms with E-state index in [0.717, 1.165) is 30.9 Å². The highest BCUT2D eigenvalue weighted by Gasteiger charge is 2.13. The molecule has 0 fully saturated rings. The van der Waals surface area contributed by atoms with Crippen molar-refractivity contribution in [1.29, 1.82) is 0 Å². The van der Waals surface area contributed by atoms with Crippen molar-refractivity contribution in [1.82, 2.24) is 14.5 Å². The summed E-state index contributed by atoms with van der Waals surface area (Å²) in [6, 6.07) is 7.51. The zero-order chi connectivity index (χ0) is 18.4. The third kappa shape index (κ3) is 4.43. The summed E-state index contributed by atoms with van der Waals surface area (Å²) in [7, 11) is 0. The zero-order valence-electron chi connectivity index (χ0n) is 14.8. The van der Waals surface area contributed by atoms with Crippen LogP contribution in [0.25, 0.3) is 5.69 Å². The van der Waals surface area contributed by atoms with Gasteiger partial charge in [0.25, 0.3) is 5.56 Å². The molecule has 25 heavy (non-hydrogen) atoms. The minimum atomic E-state index is -0.445. The molecule has 2 N–H and O–H groups in total. The highest BCUT2D eigenvalue weighted by molar-refractivity contribution is 7.71. The van der Waals surface area contributed by atoms with E-state index >= 15 is 0 Å². The smallest absolute Gasteiger partial charge is 0.264 e. The lowest BCUT2D eigenvalue weighted by Crippen LogP contribution is -2.25. The summed E-state index contributed by atoms with van der Waals surface area (Å²) in [5, 5.41) is 10.6. The van der Waals surface area contributed by atoms with Gasteiger partial charge in [-0.1, -0.05) is 32.0 Å². The number of nitrogens with one attached hydrogen (secondary N) is 1. The molecule has 0 unspecified atom stereocenters. The molecule has 0 amide bonds. The zero-order valence-corrected chi connectivity index (χ0v) is 15.6. The van der Waals surface area contributed by atoms with Gasteiger partial charge in [0.1, 0.15) is 5.56 Å². The molecule has 0 radical (unpaired) electrons. The van der Waals surface area contributed by atoms with Gasteiger partial charge in [-0.3, -0.25) is 19.3 Å². The molecule has 134 valence electrons. The van der Waals surface area contributed by atoms with Crippen molar-refractivity contribution in [3.63, 3.8) is 0 Å². The Morgan fingerprint density at radius 2 is 2.00 bits per heavy atom. The van der Waals surface area contributed by atoms with E-state index in [0.29, 0.717) is 6.54 Å². The average molecular weight is 360 g/mol. The van der Waals surface area contributed by atoms with E-state index < -0.39 is 5.56 Å². The Hall–Kier alpha value is -2.25. The molecule has 0 saturated heterocycles. The Balaban J connectivity index is 2.37. The fraction of sp³-hybridized carbons (Fsp3) is 0.389. The molecule has 2 rings (SSSR count). The summed E-state index contributed by atoms with van der Waals surface area (Å²) in [6.07, 6.45) is 1.42. The lowest BCUT2D eigenvalue weighted by atomic mass is 10.2. The van der Waals surface area contributed by atoms with E-state index in [4.69, 9.17) is 12.2 Å². The molecule has 0 aliphatic rings. The molecule has 7 heteroatoms. The van der Waals surface area contributed by atoms with E-state index in [1.54, 1.807) is 0 Å². The minimum absolute atomic E-state index is 0.108. The van der Waals surface area contributed by atoms with Crippen LogP contribution in [0.3, 0.4) is 0 Å². The first-order valence-electron chi connectivity index (χ1n) is 8.36. The lowest BCUT2D eigenvalue weighted by Gasteiger charge is -2.16. The van der Waals surface area contributed by atoms with Gasteiger partial charge in [-0.15, -0.1) is 0 Å². The van der Waals surface area contributed by atoms with Gasteiger partial charge in [0.2, 0.25) is 5.88 Å². The lowest BCUT2D eigenvalue weighted by molar-refractivity contribution is 0.313. The van der Waals surface area contributed by atoms with E-state index in [9.17, 15) is 9.90 Å². The molecular weight excluding hydrogens is 336 g/mol. The second kappa shape index (κ2) is 8.73. The molecule has 0 atom stereocenters. The van der Waals surface area contributed by atoms with Crippen molar-refractivity contribution in [3.05, 3.63) is 50.5 Å². The third-order valence-electron chi connectivity index (χ3n) is 4.14. The van der Waals surface area contributed by atoms with Crippen LogP contribution in [-0.4, -0.2) is 52.0 Å².